The van der Waals surface area contributed by atoms with Gasteiger partial charge < -0.3 is 14.2 Å². The quantitative estimate of drug-likeness (QED) is 0.183. The average Bonchev–Trinajstić information content (AvgIpc) is 3.15. The molecule has 0 saturated carbocycles. The fourth-order valence-corrected chi connectivity index (χ4v) is 4.10. The first-order valence-corrected chi connectivity index (χ1v) is 11.7. The Kier molecular flexibility index (Phi) is 7.67. The first-order chi connectivity index (χ1) is 16.7. The number of hydrogen-bond donors (Lipinski definition) is 0. The molecular formula is C25H15Cl4NO5. The number of rotatable bonds is 6. The number of carbonyl (C=O) groups is 2. The molecular weight excluding hydrogens is 536 g/mol. The lowest BCUT2D eigenvalue weighted by atomic mass is 10.1. The Morgan fingerprint density at radius 3 is 2.34 bits per heavy atom. The van der Waals surface area contributed by atoms with Crippen molar-refractivity contribution in [2.45, 2.75) is 6.92 Å². The van der Waals surface area contributed by atoms with Gasteiger partial charge in [0.15, 0.2) is 17.2 Å². The number of hydrogen-bond acceptors (Lipinski definition) is 6. The molecule has 0 amide bonds. The molecule has 1 aliphatic heterocycles. The molecule has 4 rings (SSSR count). The lowest BCUT2D eigenvalue weighted by Crippen LogP contribution is -2.10. The normalized spacial score (nSPS) is 14.0. The molecule has 0 aromatic heterocycles. The molecule has 178 valence electrons. The monoisotopic (exact) mass is 549 g/mol. The Morgan fingerprint density at radius 2 is 1.66 bits per heavy atom. The predicted octanol–water partition coefficient (Wildman–Crippen LogP) is 7.26. The third kappa shape index (κ3) is 5.80. The maximum Gasteiger partial charge on any atom is 0.363 e. The van der Waals surface area contributed by atoms with Gasteiger partial charge >= 0.3 is 11.9 Å². The van der Waals surface area contributed by atoms with Crippen LogP contribution in [0.15, 0.2) is 65.3 Å². The summed E-state index contributed by atoms with van der Waals surface area (Å²) in [6, 6.07) is 14.0. The van der Waals surface area contributed by atoms with Crippen molar-refractivity contribution in [3.63, 3.8) is 0 Å². The van der Waals surface area contributed by atoms with E-state index in [-0.39, 0.29) is 33.7 Å². The number of halogens is 4. The Hall–Kier alpha value is -3.03. The van der Waals surface area contributed by atoms with E-state index in [1.165, 1.54) is 30.3 Å². The number of ether oxygens (including phenoxy) is 3. The molecule has 0 spiro atoms. The first-order valence-electron chi connectivity index (χ1n) is 10.2. The van der Waals surface area contributed by atoms with E-state index in [1.807, 2.05) is 0 Å². The SMILES string of the molecule is CCOc1cc(/C=C2/N=C(c3ccc(Cl)cc3Cl)OC2=O)ccc1OC(=O)c1ccc(Cl)cc1Cl. The van der Waals surface area contributed by atoms with E-state index in [2.05, 4.69) is 4.99 Å². The van der Waals surface area contributed by atoms with Crippen LogP contribution in [0.25, 0.3) is 6.08 Å². The zero-order chi connectivity index (χ0) is 25.1. The highest BCUT2D eigenvalue weighted by molar-refractivity contribution is 6.37. The van der Waals surface area contributed by atoms with Crippen LogP contribution >= 0.6 is 46.4 Å². The molecule has 0 aliphatic carbocycles. The van der Waals surface area contributed by atoms with Gasteiger partial charge in [-0.2, -0.15) is 0 Å². The standard InChI is InChI=1S/C25H15Cl4NO5/c1-2-33-22-10-13(3-8-21(22)34-24(31)17-7-5-15(27)12-19(17)29)9-20-25(32)35-23(30-20)16-6-4-14(26)11-18(16)28/h3-12H,2H2,1H3/b20-9+. The van der Waals surface area contributed by atoms with Crippen molar-refractivity contribution in [1.29, 1.82) is 0 Å². The lowest BCUT2D eigenvalue weighted by molar-refractivity contribution is -0.129. The average molecular weight is 551 g/mol. The number of esters is 2. The molecule has 3 aromatic rings. The fraction of sp³-hybridized carbons (Fsp3) is 0.0800. The zero-order valence-corrected chi connectivity index (χ0v) is 21.0. The maximum atomic E-state index is 12.6. The van der Waals surface area contributed by atoms with E-state index in [0.717, 1.165) is 0 Å². The fourth-order valence-electron chi connectivity index (χ4n) is 3.12. The number of cyclic esters (lactones) is 1. The van der Waals surface area contributed by atoms with Gasteiger partial charge in [-0.25, -0.2) is 14.6 Å². The topological polar surface area (TPSA) is 74.2 Å². The van der Waals surface area contributed by atoms with E-state index in [4.69, 9.17) is 60.6 Å². The Bertz CT molecular complexity index is 1400. The summed E-state index contributed by atoms with van der Waals surface area (Å²) in [5, 5.41) is 1.31. The third-order valence-corrected chi connectivity index (χ3v) is 5.80. The van der Waals surface area contributed by atoms with Gasteiger partial charge in [-0.3, -0.25) is 0 Å². The molecule has 0 N–H and O–H groups in total. The molecule has 0 saturated heterocycles. The summed E-state index contributed by atoms with van der Waals surface area (Å²) in [4.78, 5) is 29.2. The highest BCUT2D eigenvalue weighted by Crippen LogP contribution is 2.32. The van der Waals surface area contributed by atoms with Gasteiger partial charge in [0.05, 0.1) is 27.8 Å². The van der Waals surface area contributed by atoms with Gasteiger partial charge in [-0.1, -0.05) is 52.5 Å². The minimum absolute atomic E-state index is 0.0613. The summed E-state index contributed by atoms with van der Waals surface area (Å²) in [7, 11) is 0. The van der Waals surface area contributed by atoms with E-state index < -0.39 is 11.9 Å². The molecule has 6 nitrogen and oxygen atoms in total. The zero-order valence-electron chi connectivity index (χ0n) is 18.0. The van der Waals surface area contributed by atoms with Crippen LogP contribution in [0.5, 0.6) is 11.5 Å². The van der Waals surface area contributed by atoms with Crippen LogP contribution < -0.4 is 9.47 Å². The summed E-state index contributed by atoms with van der Waals surface area (Å²) in [5.41, 5.74) is 1.22. The van der Waals surface area contributed by atoms with Crippen molar-refractivity contribution in [3.8, 4) is 11.5 Å². The minimum Gasteiger partial charge on any atom is -0.490 e. The number of carbonyl (C=O) groups excluding carboxylic acids is 2. The number of benzene rings is 3. The molecule has 0 radical (unpaired) electrons. The van der Waals surface area contributed by atoms with Crippen molar-refractivity contribution < 1.29 is 23.8 Å². The van der Waals surface area contributed by atoms with Crippen LogP contribution in [0.3, 0.4) is 0 Å². The second-order valence-corrected chi connectivity index (χ2v) is 8.80. The Morgan fingerprint density at radius 1 is 0.943 bits per heavy atom. The summed E-state index contributed by atoms with van der Waals surface area (Å²) in [6.07, 6.45) is 1.52. The number of nitrogens with zero attached hydrogens (tertiary/aromatic N) is 1. The van der Waals surface area contributed by atoms with E-state index in [0.29, 0.717) is 32.8 Å². The van der Waals surface area contributed by atoms with Gasteiger partial charge in [0.1, 0.15) is 0 Å². The summed E-state index contributed by atoms with van der Waals surface area (Å²) >= 11 is 24.1. The lowest BCUT2D eigenvalue weighted by Gasteiger charge is -2.12. The van der Waals surface area contributed by atoms with E-state index in [1.54, 1.807) is 37.3 Å². The molecule has 1 aliphatic rings. The van der Waals surface area contributed by atoms with Gasteiger partial charge in [0, 0.05) is 10.0 Å². The smallest absolute Gasteiger partial charge is 0.363 e. The summed E-state index contributed by atoms with van der Waals surface area (Å²) in [6.45, 7) is 2.10. The highest BCUT2D eigenvalue weighted by Gasteiger charge is 2.26. The molecule has 10 heteroatoms. The van der Waals surface area contributed by atoms with Crippen molar-refractivity contribution in [2.75, 3.05) is 6.61 Å². The predicted molar refractivity (Wildman–Crippen MR) is 136 cm³/mol. The first kappa shape index (κ1) is 25.1. The molecule has 0 unspecified atom stereocenters. The van der Waals surface area contributed by atoms with Crippen molar-refractivity contribution in [1.82, 2.24) is 0 Å². The summed E-state index contributed by atoms with van der Waals surface area (Å²) in [5.74, 6) is -0.782. The van der Waals surface area contributed by atoms with Gasteiger partial charge in [-0.05, 0) is 67.1 Å². The van der Waals surface area contributed by atoms with Crippen LogP contribution in [0, 0.1) is 0 Å². The summed E-state index contributed by atoms with van der Waals surface area (Å²) < 4.78 is 16.4. The van der Waals surface area contributed by atoms with Gasteiger partial charge in [-0.15, -0.1) is 0 Å². The Labute approximate surface area is 220 Å². The molecule has 35 heavy (non-hydrogen) atoms. The van der Waals surface area contributed by atoms with Crippen LogP contribution in [0.2, 0.25) is 20.1 Å². The molecule has 3 aromatic carbocycles. The van der Waals surface area contributed by atoms with E-state index in [9.17, 15) is 9.59 Å². The molecule has 0 fully saturated rings. The van der Waals surface area contributed by atoms with Crippen molar-refractivity contribution >= 4 is 70.3 Å². The van der Waals surface area contributed by atoms with Crippen LogP contribution in [-0.2, 0) is 9.53 Å². The molecule has 0 atom stereocenters. The molecule has 1 heterocycles. The highest BCUT2D eigenvalue weighted by atomic mass is 35.5. The largest absolute Gasteiger partial charge is 0.490 e. The second kappa shape index (κ2) is 10.7. The van der Waals surface area contributed by atoms with Crippen LogP contribution in [0.1, 0.15) is 28.4 Å². The van der Waals surface area contributed by atoms with E-state index >= 15 is 0 Å². The van der Waals surface area contributed by atoms with Crippen LogP contribution in [-0.4, -0.2) is 24.4 Å². The second-order valence-electron chi connectivity index (χ2n) is 7.11. The third-order valence-electron chi connectivity index (χ3n) is 4.71. The molecule has 0 bridgehead atoms. The van der Waals surface area contributed by atoms with Crippen LogP contribution in [0.4, 0.5) is 0 Å². The van der Waals surface area contributed by atoms with Gasteiger partial charge in [0.2, 0.25) is 5.90 Å². The minimum atomic E-state index is -0.674. The van der Waals surface area contributed by atoms with Crippen molar-refractivity contribution in [2.24, 2.45) is 4.99 Å². The van der Waals surface area contributed by atoms with Gasteiger partial charge in [0.25, 0.3) is 0 Å². The maximum absolute atomic E-state index is 12.6. The Balaban J connectivity index is 1.61. The number of aliphatic imine (C=N–C) groups is 1. The van der Waals surface area contributed by atoms with Crippen molar-refractivity contribution in [3.05, 3.63) is 97.1 Å².